The van der Waals surface area contributed by atoms with Gasteiger partial charge < -0.3 is 119 Å². The topological polar surface area (TPSA) is 509 Å². The van der Waals surface area contributed by atoms with Crippen molar-refractivity contribution in [2.75, 3.05) is 6.61 Å². The largest absolute Gasteiger partial charge is 0.508 e. The van der Waals surface area contributed by atoms with Gasteiger partial charge in [-0.05, 0) is 341 Å². The summed E-state index contributed by atoms with van der Waals surface area (Å²) in [6.45, 7) is 54.6. The fraction of sp³-hybridized carbons (Fsp3) is 0.425. The molecule has 147 heavy (non-hydrogen) atoms. The Hall–Kier alpha value is -12.3. The normalized spacial score (nSPS) is 12.7. The Morgan fingerprint density at radius 1 is 0.320 bits per heavy atom. The number of ether oxygens (including phenoxy) is 1. The summed E-state index contributed by atoms with van der Waals surface area (Å²) in [5.74, 6) is 2.28. The lowest BCUT2D eigenvalue weighted by atomic mass is 9.93. The number of amidine groups is 3. The van der Waals surface area contributed by atoms with Gasteiger partial charge in [-0.15, -0.1) is 0 Å². The van der Waals surface area contributed by atoms with E-state index in [1.165, 1.54) is 91.0 Å². The van der Waals surface area contributed by atoms with E-state index < -0.39 is 36.6 Å². The van der Waals surface area contributed by atoms with Crippen molar-refractivity contribution in [2.24, 2.45) is 67.7 Å². The Morgan fingerprint density at radius 2 is 0.714 bits per heavy atom. The van der Waals surface area contributed by atoms with E-state index in [0.717, 1.165) is 83.0 Å². The van der Waals surface area contributed by atoms with E-state index in [1.54, 1.807) is 71.0 Å². The summed E-state index contributed by atoms with van der Waals surface area (Å²) in [4.78, 5) is 12.4. The summed E-state index contributed by atoms with van der Waals surface area (Å²) in [7, 11) is 0. The molecule has 0 aromatic heterocycles. The van der Waals surface area contributed by atoms with Crippen molar-refractivity contribution >= 4 is 40.1 Å². The molecular weight excluding hydrogens is 1970 g/mol. The molecule has 11 aromatic carbocycles. The number of halogens is 1. The van der Waals surface area contributed by atoms with Crippen LogP contribution in [0.2, 0.25) is 0 Å². The van der Waals surface area contributed by atoms with Crippen molar-refractivity contribution in [3.63, 3.8) is 0 Å². The fourth-order valence-electron chi connectivity index (χ4n) is 13.6. The Labute approximate surface area is 888 Å². The molecule has 0 saturated carbocycles. The molecule has 0 fully saturated rings. The van der Waals surface area contributed by atoms with E-state index >= 15 is 0 Å². The highest BCUT2D eigenvalue weighted by Gasteiger charge is 2.23. The number of nitrogens with zero attached hydrogens (tertiary/aromatic N) is 3. The molecule has 0 radical (unpaired) electrons. The minimum absolute atomic E-state index is 0.0104. The number of unbranched alkanes of at least 4 members (excludes halogenated alkanes) is 1. The Kier molecular flexibility index (Phi) is 62.3. The molecule has 0 aliphatic rings. The first-order valence-corrected chi connectivity index (χ1v) is 51.2. The smallest absolute Gasteiger partial charge is 0.203 e. The average molecular weight is 2150 g/mol. The zero-order chi connectivity index (χ0) is 112. The molecule has 11 rings (SSSR count). The SMILES string of the molecule is CC(N)=NCc1ccc(C)c(I)c1.CC(N)=NCc1ccc(C)cc1.CC(N)=NCc1cccc(C)c1.CCCCC(C)C(O)c1ccc(O)c(O)c1.CCCOc1c(O)cc(C(O)C(C)C)cc1O.CCCc1cc(O)c(O)cc1C.CC[C@H](O)c1cc(O)c(O)cc1C.Cc1c(O)cc(C(O)C(C)C)cc1O.Cc1ccc(C(O)C(C)C)cc1.Cc1ccc(O)cc1[C@@H](O)C(C)C.Cc1ccc([C@@H](O)C(C)C)cc1O. The number of aryl methyl sites for hydroxylation is 9. The third-order valence-corrected chi connectivity index (χ3v) is 24.4. The standard InChI is InChI=1S/C13H20O4.C13H20O3.C11H16O3.2C11H16O2.C11H16O.C10H13IN2.2C10H14N2.C10H14O3.C10H14O2/c1-4-5-17-13-10(14)6-9(7-11(13)15)12(16)8(2)3;1-3-4-5-9(2)13(16)10-6-7-11(14)12(15)8-10;1-6(2)11(14)8-4-9(12)7(3)10(13)5-8;1-7(2)11(13)10-6-9(12)5-4-8(10)3;1-7(2)11(13)9-5-4-8(3)10(12)6-9;1-8(2)11(12)10-6-4-9(3)5-7-10;1-7-3-4-9(5-10(7)11)6-13-8(2)12;1-8-3-5-10(6-4-8)7-12-9(2)11;1-8-4-3-5-10(6-8)7-12-9(2)11;1-3-8(11)7-5-10(13)9(12)4-6(7)2;1-3-4-8-6-10(12)9(11)5-7(8)2/h6-8,12,14-16H,4-5H2,1-3H3;6-9,13-16H,3-5H2,1-2H3;4-6,11-14H,1-3H3;2*4-7,11-13H,1-3H3;4-8,11-12H,1-3H3;3-5H,6H2,1-2H3,(H2,12,13);2*3-6H,7H2,1-2H3,(H2,11,12);4-5,8,11-13H,3H2,1-2H3;5-6,11-12H,3-4H2,1-2H3/t;;;2*11-;;;;;8-;/m...00....0./s1. The third kappa shape index (κ3) is 50.8. The van der Waals surface area contributed by atoms with Crippen molar-refractivity contribution in [3.05, 3.63) is 309 Å². The van der Waals surface area contributed by atoms with Gasteiger partial charge in [0.15, 0.2) is 46.0 Å². The molecule has 26 nitrogen and oxygen atoms in total. The van der Waals surface area contributed by atoms with E-state index in [1.807, 2.05) is 166 Å². The molecular formula is C120H173IN6O20. The van der Waals surface area contributed by atoms with Crippen LogP contribution in [0.4, 0.5) is 0 Å². The van der Waals surface area contributed by atoms with Crippen LogP contribution in [0.5, 0.6) is 74.7 Å². The van der Waals surface area contributed by atoms with E-state index in [9.17, 15) is 86.8 Å². The first-order valence-electron chi connectivity index (χ1n) is 50.1. The zero-order valence-corrected chi connectivity index (χ0v) is 93.8. The van der Waals surface area contributed by atoms with Crippen LogP contribution in [-0.4, -0.2) is 121 Å². The van der Waals surface area contributed by atoms with Crippen LogP contribution in [-0.2, 0) is 26.1 Å². The number of aliphatic hydroxyl groups is 7. The van der Waals surface area contributed by atoms with Crippen LogP contribution in [0.25, 0.3) is 0 Å². The average Bonchev–Trinajstić information content (AvgIpc) is 0.844. The quantitative estimate of drug-likeness (QED) is 0.00937. The Bertz CT molecular complexity index is 5730. The van der Waals surface area contributed by atoms with Crippen molar-refractivity contribution in [3.8, 4) is 74.7 Å². The van der Waals surface area contributed by atoms with Gasteiger partial charge in [-0.1, -0.05) is 249 Å². The van der Waals surface area contributed by atoms with Crippen molar-refractivity contribution in [1.82, 2.24) is 0 Å². The van der Waals surface area contributed by atoms with Gasteiger partial charge in [0.2, 0.25) is 5.75 Å². The second-order valence-corrected chi connectivity index (χ2v) is 39.9. The minimum Gasteiger partial charge on any atom is -0.508 e. The van der Waals surface area contributed by atoms with Gasteiger partial charge in [0.1, 0.15) is 23.0 Å². The lowest BCUT2D eigenvalue weighted by molar-refractivity contribution is 0.111. The van der Waals surface area contributed by atoms with Crippen LogP contribution in [0, 0.1) is 101 Å². The monoisotopic (exact) mass is 2150 g/mol. The van der Waals surface area contributed by atoms with Gasteiger partial charge in [-0.2, -0.15) is 0 Å². The minimum atomic E-state index is -0.716. The van der Waals surface area contributed by atoms with E-state index in [4.69, 9.17) is 32.2 Å². The first kappa shape index (κ1) is 133. The second kappa shape index (κ2) is 69.0. The number of hydrogen-bond acceptors (Lipinski definition) is 23. The number of aromatic hydroxyl groups is 12. The Morgan fingerprint density at radius 3 is 1.16 bits per heavy atom. The van der Waals surface area contributed by atoms with Gasteiger partial charge in [-0.3, -0.25) is 15.0 Å². The number of aliphatic hydroxyl groups excluding tert-OH is 7. The van der Waals surface area contributed by atoms with Gasteiger partial charge in [-0.25, -0.2) is 0 Å². The zero-order valence-electron chi connectivity index (χ0n) is 91.6. The number of benzene rings is 11. The molecule has 0 aliphatic carbocycles. The van der Waals surface area contributed by atoms with Crippen molar-refractivity contribution < 1.29 is 102 Å². The summed E-state index contributed by atoms with van der Waals surface area (Å²) in [6.07, 6.45) is 2.66. The number of phenols is 12. The molecule has 0 heterocycles. The van der Waals surface area contributed by atoms with E-state index in [0.29, 0.717) is 78.0 Å². The van der Waals surface area contributed by atoms with E-state index in [2.05, 4.69) is 133 Å². The number of nitrogens with two attached hydrogens (primary N) is 3. The predicted octanol–water partition coefficient (Wildman–Crippen LogP) is 25.5. The number of rotatable bonds is 28. The van der Waals surface area contributed by atoms with E-state index in [-0.39, 0.29) is 116 Å². The molecule has 5 unspecified atom stereocenters. The lowest BCUT2D eigenvalue weighted by Gasteiger charge is -2.19. The molecule has 810 valence electrons. The molecule has 0 amide bonds. The molecule has 0 bridgehead atoms. The summed E-state index contributed by atoms with van der Waals surface area (Å²) in [6, 6.07) is 57.7. The summed E-state index contributed by atoms with van der Waals surface area (Å²) in [5.41, 5.74) is 35.1. The molecule has 0 aliphatic heterocycles. The maximum Gasteiger partial charge on any atom is 0.203 e. The number of phenolic OH excluding ortho intramolecular Hbond substituents is 12. The van der Waals surface area contributed by atoms with Gasteiger partial charge >= 0.3 is 0 Å². The summed E-state index contributed by atoms with van der Waals surface area (Å²) >= 11 is 2.33. The molecule has 27 heteroatoms. The van der Waals surface area contributed by atoms with Gasteiger partial charge in [0.05, 0.1) is 86.5 Å². The third-order valence-electron chi connectivity index (χ3n) is 23.2. The summed E-state index contributed by atoms with van der Waals surface area (Å²) < 4.78 is 6.51. The Balaban J connectivity index is 0.000000810. The highest BCUT2D eigenvalue weighted by Crippen LogP contribution is 2.42. The molecule has 0 saturated heterocycles. The highest BCUT2D eigenvalue weighted by atomic mass is 127. The molecule has 11 aromatic rings. The molecule has 0 spiro atoms. The van der Waals surface area contributed by atoms with Crippen LogP contribution in [0.15, 0.2) is 209 Å². The van der Waals surface area contributed by atoms with Gasteiger partial charge in [0.25, 0.3) is 0 Å². The molecule has 25 N–H and O–H groups in total. The number of aliphatic imine (C=N–C) groups is 3. The van der Waals surface area contributed by atoms with Crippen molar-refractivity contribution in [1.29, 1.82) is 0 Å². The number of hydrogen-bond donors (Lipinski definition) is 22. The lowest BCUT2D eigenvalue weighted by Crippen LogP contribution is -2.09. The maximum absolute atomic E-state index is 10.0. The van der Waals surface area contributed by atoms with Crippen LogP contribution in [0.3, 0.4) is 0 Å². The van der Waals surface area contributed by atoms with Crippen molar-refractivity contribution in [2.45, 2.75) is 294 Å². The van der Waals surface area contributed by atoms with Gasteiger partial charge in [0, 0.05) is 9.13 Å². The fourth-order valence-corrected chi connectivity index (χ4v) is 14.2. The van der Waals surface area contributed by atoms with Crippen LogP contribution >= 0.6 is 22.6 Å². The summed E-state index contributed by atoms with van der Waals surface area (Å²) in [5, 5.41) is 181. The molecule has 8 atom stereocenters. The second-order valence-electron chi connectivity index (χ2n) is 38.7. The van der Waals surface area contributed by atoms with Crippen LogP contribution < -0.4 is 21.9 Å². The van der Waals surface area contributed by atoms with Crippen LogP contribution in [0.1, 0.15) is 317 Å². The first-order chi connectivity index (χ1) is 68.8. The maximum atomic E-state index is 10.0. The highest BCUT2D eigenvalue weighted by molar-refractivity contribution is 14.1. The predicted molar refractivity (Wildman–Crippen MR) is 607 cm³/mol.